The van der Waals surface area contributed by atoms with Crippen molar-refractivity contribution >= 4 is 22.6 Å². The fourth-order valence-electron chi connectivity index (χ4n) is 1.13. The van der Waals surface area contributed by atoms with E-state index < -0.39 is 0 Å². The van der Waals surface area contributed by atoms with Crippen molar-refractivity contribution in [1.29, 1.82) is 0 Å². The molecule has 0 aromatic carbocycles. The first kappa shape index (κ1) is 12.6. The number of hydrogen-bond donors (Lipinski definition) is 1. The third kappa shape index (κ3) is 4.29. The normalized spacial score (nSPS) is 11.7. The highest BCUT2D eigenvalue weighted by Crippen LogP contribution is 1.97. The van der Waals surface area contributed by atoms with E-state index in [2.05, 4.69) is 31.1 Å². The molecule has 0 saturated heterocycles. The van der Waals surface area contributed by atoms with Crippen molar-refractivity contribution in [1.82, 2.24) is 14.9 Å². The summed E-state index contributed by atoms with van der Waals surface area (Å²) in [4.78, 5) is 15.6. The van der Waals surface area contributed by atoms with Crippen LogP contribution in [0.15, 0.2) is 17.3 Å². The highest BCUT2D eigenvalue weighted by molar-refractivity contribution is 14.1. The molecule has 5 heteroatoms. The van der Waals surface area contributed by atoms with Gasteiger partial charge >= 0.3 is 0 Å². The molecule has 0 unspecified atom stereocenters. The number of nitrogens with zero attached hydrogens (tertiary/aromatic N) is 2. The molecule has 1 rings (SSSR count). The minimum atomic E-state index is 0.0290. The summed E-state index contributed by atoms with van der Waals surface area (Å²) in [6.07, 6.45) is 3.16. The molecule has 0 bridgehead atoms. The summed E-state index contributed by atoms with van der Waals surface area (Å²) < 4.78 is 2.28. The molecule has 0 radical (unpaired) electrons. The minimum Gasteiger partial charge on any atom is -0.310 e. The van der Waals surface area contributed by atoms with E-state index in [4.69, 9.17) is 0 Å². The van der Waals surface area contributed by atoms with E-state index in [1.807, 2.05) is 22.6 Å². The molecular weight excluding hydrogens is 305 g/mol. The molecule has 0 saturated carbocycles. The van der Waals surface area contributed by atoms with Gasteiger partial charge in [-0.15, -0.1) is 0 Å². The Labute approximate surface area is 103 Å². The fraction of sp³-hybridized carbons (Fsp3) is 0.600. The van der Waals surface area contributed by atoms with Crippen molar-refractivity contribution in [3.63, 3.8) is 0 Å². The smallest absolute Gasteiger partial charge is 0.266 e. The van der Waals surface area contributed by atoms with Crippen LogP contribution in [0.25, 0.3) is 0 Å². The van der Waals surface area contributed by atoms with Crippen LogP contribution in [0.3, 0.4) is 0 Å². The first-order valence-corrected chi connectivity index (χ1v) is 5.93. The highest BCUT2D eigenvalue weighted by Gasteiger charge is 2.08. The van der Waals surface area contributed by atoms with Gasteiger partial charge in [0.25, 0.3) is 5.56 Å². The Morgan fingerprint density at radius 2 is 2.20 bits per heavy atom. The average Bonchev–Trinajstić information content (AvgIpc) is 2.10. The average molecular weight is 321 g/mol. The number of rotatable bonds is 3. The Kier molecular flexibility index (Phi) is 4.27. The van der Waals surface area contributed by atoms with Gasteiger partial charge in [0.2, 0.25) is 0 Å². The van der Waals surface area contributed by atoms with Gasteiger partial charge in [0.1, 0.15) is 0 Å². The standard InChI is InChI=1S/C10H16IN3O/c1-10(2,3)13-4-5-14-7-12-6-8(11)9(14)15/h6-7,13H,4-5H2,1-3H3. The summed E-state index contributed by atoms with van der Waals surface area (Å²) in [5, 5.41) is 3.33. The van der Waals surface area contributed by atoms with Crippen molar-refractivity contribution < 1.29 is 0 Å². The Morgan fingerprint density at radius 1 is 1.53 bits per heavy atom. The van der Waals surface area contributed by atoms with E-state index in [-0.39, 0.29) is 11.1 Å². The molecule has 0 atom stereocenters. The van der Waals surface area contributed by atoms with Gasteiger partial charge in [0.15, 0.2) is 0 Å². The van der Waals surface area contributed by atoms with Gasteiger partial charge in [-0.25, -0.2) is 4.98 Å². The largest absolute Gasteiger partial charge is 0.310 e. The lowest BCUT2D eigenvalue weighted by Gasteiger charge is -2.20. The van der Waals surface area contributed by atoms with Gasteiger partial charge in [-0.05, 0) is 43.4 Å². The maximum atomic E-state index is 11.6. The van der Waals surface area contributed by atoms with Crippen LogP contribution in [-0.4, -0.2) is 21.6 Å². The Morgan fingerprint density at radius 3 is 2.80 bits per heavy atom. The predicted molar refractivity (Wildman–Crippen MR) is 69.0 cm³/mol. The summed E-state index contributed by atoms with van der Waals surface area (Å²) in [5.41, 5.74) is 0.111. The Hall–Kier alpha value is -0.430. The van der Waals surface area contributed by atoms with Gasteiger partial charge < -0.3 is 5.32 Å². The summed E-state index contributed by atoms with van der Waals surface area (Å²) >= 11 is 2.00. The van der Waals surface area contributed by atoms with Gasteiger partial charge in [0, 0.05) is 24.8 Å². The predicted octanol–water partition coefficient (Wildman–Crippen LogP) is 1.24. The van der Waals surface area contributed by atoms with Crippen molar-refractivity contribution in [3.8, 4) is 0 Å². The Balaban J connectivity index is 2.59. The number of nitrogens with one attached hydrogen (secondary N) is 1. The maximum Gasteiger partial charge on any atom is 0.266 e. The van der Waals surface area contributed by atoms with Gasteiger partial charge in [-0.3, -0.25) is 9.36 Å². The highest BCUT2D eigenvalue weighted by atomic mass is 127. The van der Waals surface area contributed by atoms with E-state index in [1.165, 1.54) is 0 Å². The maximum absolute atomic E-state index is 11.6. The summed E-state index contributed by atoms with van der Waals surface area (Å²) in [7, 11) is 0. The lowest BCUT2D eigenvalue weighted by Crippen LogP contribution is -2.39. The second-order valence-corrected chi connectivity index (χ2v) is 5.58. The summed E-state index contributed by atoms with van der Waals surface area (Å²) in [6.45, 7) is 7.72. The van der Waals surface area contributed by atoms with Crippen LogP contribution in [0.4, 0.5) is 0 Å². The zero-order valence-corrected chi connectivity index (χ0v) is 11.4. The number of hydrogen-bond acceptors (Lipinski definition) is 3. The molecule has 0 aliphatic heterocycles. The van der Waals surface area contributed by atoms with Gasteiger partial charge in [-0.1, -0.05) is 0 Å². The zero-order valence-electron chi connectivity index (χ0n) is 9.25. The molecule has 1 heterocycles. The molecule has 0 aliphatic rings. The molecule has 0 amide bonds. The molecule has 1 aromatic heterocycles. The van der Waals surface area contributed by atoms with Gasteiger partial charge in [0.05, 0.1) is 9.90 Å². The van der Waals surface area contributed by atoms with E-state index in [1.54, 1.807) is 17.1 Å². The number of halogens is 1. The third-order valence-electron chi connectivity index (χ3n) is 1.87. The fourth-order valence-corrected chi connectivity index (χ4v) is 1.61. The molecule has 4 nitrogen and oxygen atoms in total. The SMILES string of the molecule is CC(C)(C)NCCn1cncc(I)c1=O. The van der Waals surface area contributed by atoms with E-state index in [0.717, 1.165) is 6.54 Å². The molecule has 0 aliphatic carbocycles. The van der Waals surface area contributed by atoms with Crippen LogP contribution in [0.5, 0.6) is 0 Å². The zero-order chi connectivity index (χ0) is 11.5. The lowest BCUT2D eigenvalue weighted by molar-refractivity contribution is 0.409. The van der Waals surface area contributed by atoms with Crippen molar-refractivity contribution in [3.05, 3.63) is 26.4 Å². The molecule has 0 fully saturated rings. The second-order valence-electron chi connectivity index (χ2n) is 4.42. The third-order valence-corrected chi connectivity index (χ3v) is 2.61. The monoisotopic (exact) mass is 321 g/mol. The van der Waals surface area contributed by atoms with Crippen LogP contribution in [0, 0.1) is 3.57 Å². The topological polar surface area (TPSA) is 46.9 Å². The first-order valence-electron chi connectivity index (χ1n) is 4.85. The van der Waals surface area contributed by atoms with Crippen molar-refractivity contribution in [2.75, 3.05) is 6.54 Å². The lowest BCUT2D eigenvalue weighted by atomic mass is 10.1. The quantitative estimate of drug-likeness (QED) is 0.852. The Bertz CT molecular complexity index is 381. The van der Waals surface area contributed by atoms with Crippen LogP contribution >= 0.6 is 22.6 Å². The van der Waals surface area contributed by atoms with Crippen molar-refractivity contribution in [2.24, 2.45) is 0 Å². The van der Waals surface area contributed by atoms with Crippen LogP contribution in [-0.2, 0) is 6.54 Å². The van der Waals surface area contributed by atoms with E-state index in [9.17, 15) is 4.79 Å². The summed E-state index contributed by atoms with van der Waals surface area (Å²) in [5.74, 6) is 0. The molecular formula is C10H16IN3O. The van der Waals surface area contributed by atoms with Gasteiger partial charge in [-0.2, -0.15) is 0 Å². The number of aromatic nitrogens is 2. The van der Waals surface area contributed by atoms with Crippen LogP contribution in [0.2, 0.25) is 0 Å². The molecule has 0 spiro atoms. The van der Waals surface area contributed by atoms with E-state index in [0.29, 0.717) is 10.1 Å². The minimum absolute atomic E-state index is 0.0290. The van der Waals surface area contributed by atoms with E-state index >= 15 is 0 Å². The first-order chi connectivity index (χ1) is 6.90. The molecule has 84 valence electrons. The second kappa shape index (κ2) is 5.07. The van der Waals surface area contributed by atoms with Crippen LogP contribution in [0.1, 0.15) is 20.8 Å². The van der Waals surface area contributed by atoms with Crippen molar-refractivity contribution in [2.45, 2.75) is 32.9 Å². The molecule has 15 heavy (non-hydrogen) atoms. The molecule has 1 N–H and O–H groups in total. The molecule has 1 aromatic rings. The van der Waals surface area contributed by atoms with Crippen LogP contribution < -0.4 is 10.9 Å². The summed E-state index contributed by atoms with van der Waals surface area (Å²) in [6, 6.07) is 0.